The van der Waals surface area contributed by atoms with Crippen molar-refractivity contribution in [2.75, 3.05) is 36.2 Å². The molecule has 2 amide bonds. The molecule has 0 saturated carbocycles. The van der Waals surface area contributed by atoms with Gasteiger partial charge in [-0.25, -0.2) is 0 Å². The van der Waals surface area contributed by atoms with Gasteiger partial charge in [0, 0.05) is 36.3 Å². The maximum Gasteiger partial charge on any atom is 0.253 e. The van der Waals surface area contributed by atoms with Crippen LogP contribution in [0.25, 0.3) is 0 Å². The molecular weight excluding hydrogens is 432 g/mol. The van der Waals surface area contributed by atoms with Crippen LogP contribution in [-0.2, 0) is 11.3 Å². The van der Waals surface area contributed by atoms with Crippen LogP contribution in [0.3, 0.4) is 0 Å². The van der Waals surface area contributed by atoms with Crippen LogP contribution in [0.4, 0.5) is 11.4 Å². The Morgan fingerprint density at radius 2 is 2.00 bits per heavy atom. The molecule has 166 valence electrons. The van der Waals surface area contributed by atoms with Gasteiger partial charge in [0.15, 0.2) is 0 Å². The van der Waals surface area contributed by atoms with E-state index in [-0.39, 0.29) is 11.8 Å². The van der Waals surface area contributed by atoms with Crippen LogP contribution < -0.4 is 20.9 Å². The third kappa shape index (κ3) is 5.53. The number of nitrogens with two attached hydrogens (primary N) is 1. The topological polar surface area (TPSA) is 78.7 Å². The molecule has 31 heavy (non-hydrogen) atoms. The SMILES string of the molecule is CCCCNC(=O)c1cc2c(cc1N(C)C)SC[C@H](N)C(=O)N2Cc1ccc(Cl)cc1. The number of benzene rings is 2. The number of hydrogen-bond acceptors (Lipinski definition) is 5. The molecule has 0 spiro atoms. The second-order valence-corrected chi connectivity index (χ2v) is 9.31. The number of nitrogens with zero attached hydrogens (tertiary/aromatic N) is 2. The number of carbonyl (C=O) groups is 2. The number of carbonyl (C=O) groups excluding carboxylic acids is 2. The van der Waals surface area contributed by atoms with Gasteiger partial charge in [0.25, 0.3) is 5.91 Å². The Morgan fingerprint density at radius 3 is 2.65 bits per heavy atom. The van der Waals surface area contributed by atoms with Crippen molar-refractivity contribution in [2.24, 2.45) is 5.73 Å². The molecule has 6 nitrogen and oxygen atoms in total. The van der Waals surface area contributed by atoms with Gasteiger partial charge in [-0.05, 0) is 36.2 Å². The fraction of sp³-hybridized carbons (Fsp3) is 0.391. The summed E-state index contributed by atoms with van der Waals surface area (Å²) in [5.41, 5.74) is 9.19. The molecule has 0 aromatic heterocycles. The Kier molecular flexibility index (Phi) is 7.86. The van der Waals surface area contributed by atoms with E-state index in [1.807, 2.05) is 43.3 Å². The molecule has 2 aromatic carbocycles. The quantitative estimate of drug-likeness (QED) is 0.612. The average Bonchev–Trinajstić information content (AvgIpc) is 2.86. The summed E-state index contributed by atoms with van der Waals surface area (Å²) in [7, 11) is 3.82. The summed E-state index contributed by atoms with van der Waals surface area (Å²) >= 11 is 7.56. The number of thioether (sulfide) groups is 1. The van der Waals surface area contributed by atoms with E-state index < -0.39 is 6.04 Å². The molecule has 3 N–H and O–H groups in total. The van der Waals surface area contributed by atoms with Gasteiger partial charge < -0.3 is 20.9 Å². The van der Waals surface area contributed by atoms with Gasteiger partial charge in [-0.3, -0.25) is 9.59 Å². The van der Waals surface area contributed by atoms with Gasteiger partial charge in [0.1, 0.15) is 0 Å². The van der Waals surface area contributed by atoms with E-state index in [9.17, 15) is 9.59 Å². The zero-order valence-electron chi connectivity index (χ0n) is 18.2. The van der Waals surface area contributed by atoms with Crippen molar-refractivity contribution in [2.45, 2.75) is 37.2 Å². The highest BCUT2D eigenvalue weighted by Crippen LogP contribution is 2.39. The van der Waals surface area contributed by atoms with Crippen LogP contribution in [0.2, 0.25) is 5.02 Å². The second-order valence-electron chi connectivity index (χ2n) is 7.81. The Hall–Kier alpha value is -2.22. The van der Waals surface area contributed by atoms with E-state index in [0.29, 0.717) is 35.1 Å². The van der Waals surface area contributed by atoms with Gasteiger partial charge >= 0.3 is 0 Å². The van der Waals surface area contributed by atoms with Crippen molar-refractivity contribution < 1.29 is 9.59 Å². The lowest BCUT2D eigenvalue weighted by Gasteiger charge is -2.27. The first-order valence-corrected chi connectivity index (χ1v) is 11.8. The molecule has 2 aromatic rings. The van der Waals surface area contributed by atoms with Crippen molar-refractivity contribution in [3.8, 4) is 0 Å². The first-order valence-electron chi connectivity index (χ1n) is 10.4. The van der Waals surface area contributed by atoms with E-state index in [1.165, 1.54) is 0 Å². The fourth-order valence-electron chi connectivity index (χ4n) is 3.42. The largest absolute Gasteiger partial charge is 0.377 e. The van der Waals surface area contributed by atoms with Crippen LogP contribution in [0.1, 0.15) is 35.7 Å². The van der Waals surface area contributed by atoms with Crippen molar-refractivity contribution in [1.82, 2.24) is 5.32 Å². The van der Waals surface area contributed by atoms with Gasteiger partial charge in [-0.15, -0.1) is 11.8 Å². The molecule has 1 atom stereocenters. The number of fused-ring (bicyclic) bond motifs is 1. The first kappa shape index (κ1) is 23.4. The van der Waals surface area contributed by atoms with E-state index in [0.717, 1.165) is 29.0 Å². The normalized spacial score (nSPS) is 16.0. The Bertz CT molecular complexity index is 949. The lowest BCUT2D eigenvalue weighted by molar-refractivity contribution is -0.119. The van der Waals surface area contributed by atoms with E-state index in [4.69, 9.17) is 17.3 Å². The number of nitrogens with one attached hydrogen (secondary N) is 1. The number of halogens is 1. The van der Waals surface area contributed by atoms with Gasteiger partial charge in [-0.1, -0.05) is 37.1 Å². The van der Waals surface area contributed by atoms with Gasteiger partial charge in [0.2, 0.25) is 5.91 Å². The van der Waals surface area contributed by atoms with Crippen molar-refractivity contribution in [3.63, 3.8) is 0 Å². The number of rotatable bonds is 7. The number of amides is 2. The van der Waals surface area contributed by atoms with Crippen LogP contribution in [-0.4, -0.2) is 44.2 Å². The molecule has 1 heterocycles. The predicted molar refractivity (Wildman–Crippen MR) is 129 cm³/mol. The van der Waals surface area contributed by atoms with E-state index in [2.05, 4.69) is 12.2 Å². The monoisotopic (exact) mass is 460 g/mol. The van der Waals surface area contributed by atoms with Crippen molar-refractivity contribution in [3.05, 3.63) is 52.5 Å². The maximum atomic E-state index is 13.1. The zero-order valence-corrected chi connectivity index (χ0v) is 19.7. The standard InChI is InChI=1S/C23H29ClN4O2S/c1-4-5-10-26-22(29)17-11-20-21(12-19(17)27(2)3)31-14-18(25)23(30)28(20)13-15-6-8-16(24)9-7-15/h6-9,11-12,18H,4-5,10,13-14,25H2,1-3H3,(H,26,29)/t18-/m0/s1. The Labute approximate surface area is 193 Å². The second kappa shape index (κ2) is 10.4. The molecule has 0 aliphatic carbocycles. The van der Waals surface area contributed by atoms with Crippen LogP contribution >= 0.6 is 23.4 Å². The zero-order chi connectivity index (χ0) is 22.5. The summed E-state index contributed by atoms with van der Waals surface area (Å²) in [6, 6.07) is 10.6. The number of unbranched alkanes of at least 4 members (excludes halogenated alkanes) is 1. The molecule has 0 bridgehead atoms. The Morgan fingerprint density at radius 1 is 1.29 bits per heavy atom. The van der Waals surface area contributed by atoms with Crippen LogP contribution in [0.5, 0.6) is 0 Å². The average molecular weight is 461 g/mol. The minimum Gasteiger partial charge on any atom is -0.377 e. The molecule has 1 aliphatic heterocycles. The minimum absolute atomic E-state index is 0.141. The highest BCUT2D eigenvalue weighted by Gasteiger charge is 2.30. The van der Waals surface area contributed by atoms with E-state index in [1.54, 1.807) is 28.8 Å². The lowest BCUT2D eigenvalue weighted by atomic mass is 10.1. The molecule has 0 fully saturated rings. The smallest absolute Gasteiger partial charge is 0.253 e. The molecule has 0 saturated heterocycles. The molecule has 0 radical (unpaired) electrons. The fourth-order valence-corrected chi connectivity index (χ4v) is 4.55. The Balaban J connectivity index is 2.05. The molecule has 8 heteroatoms. The number of hydrogen-bond donors (Lipinski definition) is 2. The van der Waals surface area contributed by atoms with Crippen LogP contribution in [0, 0.1) is 0 Å². The minimum atomic E-state index is -0.616. The van der Waals surface area contributed by atoms with Gasteiger partial charge in [-0.2, -0.15) is 0 Å². The van der Waals surface area contributed by atoms with Gasteiger partial charge in [0.05, 0.1) is 29.5 Å². The summed E-state index contributed by atoms with van der Waals surface area (Å²) in [6.45, 7) is 3.06. The van der Waals surface area contributed by atoms with E-state index >= 15 is 0 Å². The molecule has 1 aliphatic rings. The summed E-state index contributed by atoms with van der Waals surface area (Å²) in [4.78, 5) is 30.7. The molecule has 3 rings (SSSR count). The molecule has 0 unspecified atom stereocenters. The predicted octanol–water partition coefficient (Wildman–Crippen LogP) is 3.90. The highest BCUT2D eigenvalue weighted by molar-refractivity contribution is 7.99. The highest BCUT2D eigenvalue weighted by atomic mass is 35.5. The summed E-state index contributed by atoms with van der Waals surface area (Å²) in [5.74, 6) is 0.186. The summed E-state index contributed by atoms with van der Waals surface area (Å²) in [6.07, 6.45) is 1.92. The third-order valence-electron chi connectivity index (χ3n) is 5.17. The number of anilines is 2. The summed E-state index contributed by atoms with van der Waals surface area (Å²) in [5, 5.41) is 3.63. The van der Waals surface area contributed by atoms with Crippen LogP contribution in [0.15, 0.2) is 41.3 Å². The lowest BCUT2D eigenvalue weighted by Crippen LogP contribution is -2.44. The first-order chi connectivity index (χ1) is 14.8. The van der Waals surface area contributed by atoms with Crippen molar-refractivity contribution in [1.29, 1.82) is 0 Å². The third-order valence-corrected chi connectivity index (χ3v) is 6.58. The van der Waals surface area contributed by atoms with Crippen molar-refractivity contribution >= 4 is 46.6 Å². The molecular formula is C23H29ClN4O2S. The maximum absolute atomic E-state index is 13.1. The summed E-state index contributed by atoms with van der Waals surface area (Å²) < 4.78 is 0.